The lowest BCUT2D eigenvalue weighted by Crippen LogP contribution is -2.36. The van der Waals surface area contributed by atoms with Crippen molar-refractivity contribution in [3.8, 4) is 0 Å². The van der Waals surface area contributed by atoms with Crippen LogP contribution in [-0.2, 0) is 20.1 Å². The summed E-state index contributed by atoms with van der Waals surface area (Å²) < 4.78 is 2.06. The summed E-state index contributed by atoms with van der Waals surface area (Å²) >= 11 is 0. The average Bonchev–Trinajstić information content (AvgIpc) is 2.68. The molecule has 5 heteroatoms. The second kappa shape index (κ2) is 5.25. The van der Waals surface area contributed by atoms with E-state index in [1.165, 1.54) is 11.3 Å². The Bertz CT molecular complexity index is 604. The first-order valence-corrected chi connectivity index (χ1v) is 7.06. The molecular formula is C15H21N5. The molecular weight excluding hydrogens is 250 g/mol. The van der Waals surface area contributed by atoms with E-state index in [0.717, 1.165) is 31.3 Å². The smallest absolute Gasteiger partial charge is 0.152 e. The van der Waals surface area contributed by atoms with E-state index in [1.807, 2.05) is 14.0 Å². The van der Waals surface area contributed by atoms with E-state index in [4.69, 9.17) is 0 Å². The third kappa shape index (κ3) is 2.41. The zero-order valence-electron chi connectivity index (χ0n) is 12.3. The van der Waals surface area contributed by atoms with Gasteiger partial charge in [0.25, 0.3) is 0 Å². The molecule has 106 valence electrons. The van der Waals surface area contributed by atoms with Crippen LogP contribution in [0.3, 0.4) is 0 Å². The lowest BCUT2D eigenvalue weighted by Gasteiger charge is -2.25. The Morgan fingerprint density at radius 2 is 2.10 bits per heavy atom. The fourth-order valence-corrected chi connectivity index (χ4v) is 2.66. The highest BCUT2D eigenvalue weighted by Crippen LogP contribution is 2.24. The molecule has 20 heavy (non-hydrogen) atoms. The number of hydrogen-bond donors (Lipinski definition) is 1. The standard InChI is InChI=1S/C15H21N5/c1-11-9-20(10-15-18-17-12(2)19(15)3)14-7-5-4-6-13(14)8-16-11/h4-7,11,16H,8-10H2,1-3H3. The van der Waals surface area contributed by atoms with Gasteiger partial charge in [0, 0.05) is 31.9 Å². The monoisotopic (exact) mass is 271 g/mol. The number of aryl methyl sites for hydroxylation is 1. The molecule has 2 aromatic rings. The average molecular weight is 271 g/mol. The highest BCUT2D eigenvalue weighted by atomic mass is 15.3. The summed E-state index contributed by atoms with van der Waals surface area (Å²) in [5.74, 6) is 1.96. The van der Waals surface area contributed by atoms with Gasteiger partial charge in [-0.3, -0.25) is 0 Å². The maximum atomic E-state index is 4.29. The molecule has 1 N–H and O–H groups in total. The topological polar surface area (TPSA) is 46.0 Å². The van der Waals surface area contributed by atoms with Gasteiger partial charge in [-0.15, -0.1) is 10.2 Å². The van der Waals surface area contributed by atoms with Crippen molar-refractivity contribution in [3.63, 3.8) is 0 Å². The van der Waals surface area contributed by atoms with Gasteiger partial charge in [-0.1, -0.05) is 18.2 Å². The highest BCUT2D eigenvalue weighted by Gasteiger charge is 2.20. The van der Waals surface area contributed by atoms with Crippen molar-refractivity contribution in [2.24, 2.45) is 7.05 Å². The van der Waals surface area contributed by atoms with Crippen LogP contribution < -0.4 is 10.2 Å². The molecule has 0 radical (unpaired) electrons. The first-order chi connectivity index (χ1) is 9.65. The second-order valence-corrected chi connectivity index (χ2v) is 5.51. The first-order valence-electron chi connectivity index (χ1n) is 7.06. The molecule has 3 rings (SSSR count). The van der Waals surface area contributed by atoms with Gasteiger partial charge >= 0.3 is 0 Å². The number of rotatable bonds is 2. The summed E-state index contributed by atoms with van der Waals surface area (Å²) in [6.07, 6.45) is 0. The summed E-state index contributed by atoms with van der Waals surface area (Å²) in [6.45, 7) is 6.90. The first kappa shape index (κ1) is 13.1. The van der Waals surface area contributed by atoms with E-state index < -0.39 is 0 Å². The number of hydrogen-bond acceptors (Lipinski definition) is 4. The van der Waals surface area contributed by atoms with Crippen LogP contribution in [0.4, 0.5) is 5.69 Å². The van der Waals surface area contributed by atoms with Gasteiger partial charge in [0.15, 0.2) is 5.82 Å². The van der Waals surface area contributed by atoms with Crippen LogP contribution in [0.2, 0.25) is 0 Å². The summed E-state index contributed by atoms with van der Waals surface area (Å²) in [7, 11) is 2.02. The van der Waals surface area contributed by atoms with Crippen molar-refractivity contribution in [1.82, 2.24) is 20.1 Å². The lowest BCUT2D eigenvalue weighted by molar-refractivity contribution is 0.547. The molecule has 0 saturated carbocycles. The molecule has 0 aliphatic carbocycles. The van der Waals surface area contributed by atoms with Gasteiger partial charge in [-0.2, -0.15) is 0 Å². The molecule has 0 fully saturated rings. The Balaban J connectivity index is 1.92. The van der Waals surface area contributed by atoms with E-state index in [1.54, 1.807) is 0 Å². The predicted molar refractivity (Wildman–Crippen MR) is 79.5 cm³/mol. The van der Waals surface area contributed by atoms with Crippen molar-refractivity contribution in [2.75, 3.05) is 11.4 Å². The van der Waals surface area contributed by atoms with E-state index in [9.17, 15) is 0 Å². The summed E-state index contributed by atoms with van der Waals surface area (Å²) in [5.41, 5.74) is 2.64. The molecule has 0 spiro atoms. The Hall–Kier alpha value is -1.88. The number of anilines is 1. The Morgan fingerprint density at radius 1 is 1.30 bits per heavy atom. The van der Waals surface area contributed by atoms with Crippen LogP contribution in [-0.4, -0.2) is 27.4 Å². The fraction of sp³-hybridized carbons (Fsp3) is 0.467. The molecule has 2 heterocycles. The number of nitrogens with one attached hydrogen (secondary N) is 1. The molecule has 0 bridgehead atoms. The SMILES string of the molecule is Cc1nnc(CN2CC(C)NCc3ccccc32)n1C. The molecule has 1 aromatic heterocycles. The largest absolute Gasteiger partial charge is 0.362 e. The second-order valence-electron chi connectivity index (χ2n) is 5.51. The molecule has 1 unspecified atom stereocenters. The zero-order valence-corrected chi connectivity index (χ0v) is 12.3. The highest BCUT2D eigenvalue weighted by molar-refractivity contribution is 5.54. The molecule has 0 amide bonds. The Labute approximate surface area is 119 Å². The molecule has 0 saturated heterocycles. The summed E-state index contributed by atoms with van der Waals surface area (Å²) in [4.78, 5) is 2.39. The van der Waals surface area contributed by atoms with Crippen LogP contribution in [0.5, 0.6) is 0 Å². The summed E-state index contributed by atoms with van der Waals surface area (Å²) in [6, 6.07) is 9.04. The van der Waals surface area contributed by atoms with Crippen molar-refractivity contribution in [3.05, 3.63) is 41.5 Å². The maximum absolute atomic E-state index is 4.29. The minimum atomic E-state index is 0.455. The number of fused-ring (bicyclic) bond motifs is 1. The molecule has 1 aliphatic heterocycles. The van der Waals surface area contributed by atoms with Crippen molar-refractivity contribution in [1.29, 1.82) is 0 Å². The van der Waals surface area contributed by atoms with Gasteiger partial charge in [0.1, 0.15) is 5.82 Å². The van der Waals surface area contributed by atoms with Gasteiger partial charge in [0.2, 0.25) is 0 Å². The summed E-state index contributed by atoms with van der Waals surface area (Å²) in [5, 5.41) is 12.0. The van der Waals surface area contributed by atoms with Crippen LogP contribution in [0.25, 0.3) is 0 Å². The number of nitrogens with zero attached hydrogens (tertiary/aromatic N) is 4. The van der Waals surface area contributed by atoms with Crippen LogP contribution >= 0.6 is 0 Å². The molecule has 1 aliphatic rings. The predicted octanol–water partition coefficient (Wildman–Crippen LogP) is 1.62. The van der Waals surface area contributed by atoms with E-state index in [-0.39, 0.29) is 0 Å². The van der Waals surface area contributed by atoms with Gasteiger partial charge in [-0.25, -0.2) is 0 Å². The third-order valence-corrected chi connectivity index (χ3v) is 3.98. The lowest BCUT2D eigenvalue weighted by atomic mass is 10.1. The molecule has 5 nitrogen and oxygen atoms in total. The Morgan fingerprint density at radius 3 is 2.85 bits per heavy atom. The number of benzene rings is 1. The van der Waals surface area contributed by atoms with E-state index in [0.29, 0.717) is 6.04 Å². The van der Waals surface area contributed by atoms with Crippen LogP contribution in [0.1, 0.15) is 24.1 Å². The maximum Gasteiger partial charge on any atom is 0.152 e. The normalized spacial score (nSPS) is 18.8. The Kier molecular flexibility index (Phi) is 3.44. The number of para-hydroxylation sites is 1. The van der Waals surface area contributed by atoms with Crippen LogP contribution in [0, 0.1) is 6.92 Å². The van der Waals surface area contributed by atoms with Crippen molar-refractivity contribution >= 4 is 5.69 Å². The minimum absolute atomic E-state index is 0.455. The quantitative estimate of drug-likeness (QED) is 0.901. The zero-order chi connectivity index (χ0) is 14.1. The third-order valence-electron chi connectivity index (χ3n) is 3.98. The minimum Gasteiger partial charge on any atom is -0.362 e. The van der Waals surface area contributed by atoms with Crippen molar-refractivity contribution < 1.29 is 0 Å². The van der Waals surface area contributed by atoms with Gasteiger partial charge < -0.3 is 14.8 Å². The van der Waals surface area contributed by atoms with E-state index in [2.05, 4.69) is 56.2 Å². The van der Waals surface area contributed by atoms with Crippen LogP contribution in [0.15, 0.2) is 24.3 Å². The van der Waals surface area contributed by atoms with Gasteiger partial charge in [0.05, 0.1) is 6.54 Å². The molecule has 1 aromatic carbocycles. The fourth-order valence-electron chi connectivity index (χ4n) is 2.66. The van der Waals surface area contributed by atoms with E-state index >= 15 is 0 Å². The van der Waals surface area contributed by atoms with Gasteiger partial charge in [-0.05, 0) is 25.5 Å². The molecule has 1 atom stereocenters. The number of aromatic nitrogens is 3. The van der Waals surface area contributed by atoms with Crippen molar-refractivity contribution in [2.45, 2.75) is 33.0 Å².